The van der Waals surface area contributed by atoms with Gasteiger partial charge in [-0.15, -0.1) is 11.8 Å². The molecule has 0 saturated carbocycles. The van der Waals surface area contributed by atoms with Crippen molar-refractivity contribution in [2.45, 2.75) is 5.37 Å². The highest BCUT2D eigenvalue weighted by molar-refractivity contribution is 7.99. The molecule has 1 saturated heterocycles. The van der Waals surface area contributed by atoms with Crippen LogP contribution in [-0.4, -0.2) is 23.2 Å². The summed E-state index contributed by atoms with van der Waals surface area (Å²) in [6, 6.07) is 13.1. The summed E-state index contributed by atoms with van der Waals surface area (Å²) in [5, 5.41) is 3.33. The van der Waals surface area contributed by atoms with Crippen LogP contribution in [0, 0.1) is 5.82 Å². The Bertz CT molecular complexity index is 680. The van der Waals surface area contributed by atoms with Crippen LogP contribution in [-0.2, 0) is 0 Å². The van der Waals surface area contributed by atoms with Gasteiger partial charge in [0.25, 0.3) is 0 Å². The number of nitrogens with one attached hydrogen (secondary N) is 1. The summed E-state index contributed by atoms with van der Waals surface area (Å²) in [5.74, 6) is 0.576. The largest absolute Gasteiger partial charge is 0.323 e. The number of thioether (sulfide) groups is 1. The van der Waals surface area contributed by atoms with E-state index in [1.165, 1.54) is 12.1 Å². The fourth-order valence-electron chi connectivity index (χ4n) is 2.34. The van der Waals surface area contributed by atoms with E-state index in [4.69, 9.17) is 11.6 Å². The molecule has 22 heavy (non-hydrogen) atoms. The first-order chi connectivity index (χ1) is 10.6. The van der Waals surface area contributed by atoms with Crippen LogP contribution < -0.4 is 5.32 Å². The zero-order chi connectivity index (χ0) is 15.5. The molecule has 0 aliphatic carbocycles. The topological polar surface area (TPSA) is 32.3 Å². The average Bonchev–Trinajstić information content (AvgIpc) is 2.97. The molecule has 2 amide bonds. The summed E-state index contributed by atoms with van der Waals surface area (Å²) in [4.78, 5) is 14.2. The Morgan fingerprint density at radius 2 is 2.05 bits per heavy atom. The summed E-state index contributed by atoms with van der Waals surface area (Å²) in [6.07, 6.45) is 0. The highest BCUT2D eigenvalue weighted by atomic mass is 35.5. The molecule has 1 heterocycles. The third-order valence-electron chi connectivity index (χ3n) is 3.38. The van der Waals surface area contributed by atoms with Crippen molar-refractivity contribution < 1.29 is 9.18 Å². The van der Waals surface area contributed by atoms with Gasteiger partial charge >= 0.3 is 6.03 Å². The van der Waals surface area contributed by atoms with Gasteiger partial charge in [0, 0.05) is 23.0 Å². The van der Waals surface area contributed by atoms with Gasteiger partial charge in [-0.1, -0.05) is 29.8 Å². The molecule has 1 fully saturated rings. The predicted octanol–water partition coefficient (Wildman–Crippen LogP) is 4.76. The summed E-state index contributed by atoms with van der Waals surface area (Å²) >= 11 is 7.59. The van der Waals surface area contributed by atoms with Gasteiger partial charge in [-0.2, -0.15) is 0 Å². The first-order valence-corrected chi connectivity index (χ1v) is 8.26. The SMILES string of the molecule is O=C(Nc1cccc(Cl)c1)N1CCS[C@@H]1c1ccc(F)cc1. The maximum Gasteiger partial charge on any atom is 0.323 e. The number of carbonyl (C=O) groups is 1. The lowest BCUT2D eigenvalue weighted by atomic mass is 10.2. The molecule has 2 aromatic carbocycles. The molecule has 0 aromatic heterocycles. The maximum absolute atomic E-state index is 13.0. The van der Waals surface area contributed by atoms with Crippen LogP contribution in [0.5, 0.6) is 0 Å². The second-order valence-corrected chi connectivity index (χ2v) is 6.53. The van der Waals surface area contributed by atoms with Crippen LogP contribution in [0.15, 0.2) is 48.5 Å². The number of hydrogen-bond acceptors (Lipinski definition) is 2. The Morgan fingerprint density at radius 1 is 1.27 bits per heavy atom. The Kier molecular flexibility index (Phi) is 4.55. The molecule has 2 aromatic rings. The number of carbonyl (C=O) groups excluding carboxylic acids is 1. The number of amides is 2. The van der Waals surface area contributed by atoms with Crippen molar-refractivity contribution in [1.82, 2.24) is 4.90 Å². The Balaban J connectivity index is 1.75. The van der Waals surface area contributed by atoms with E-state index in [-0.39, 0.29) is 17.2 Å². The quantitative estimate of drug-likeness (QED) is 0.857. The smallest absolute Gasteiger partial charge is 0.308 e. The van der Waals surface area contributed by atoms with E-state index in [1.807, 2.05) is 0 Å². The third-order valence-corrected chi connectivity index (χ3v) is 4.88. The van der Waals surface area contributed by atoms with Crippen LogP contribution in [0.25, 0.3) is 0 Å². The Labute approximate surface area is 137 Å². The molecule has 1 aliphatic rings. The molecule has 1 atom stereocenters. The van der Waals surface area contributed by atoms with Gasteiger partial charge in [0.05, 0.1) is 0 Å². The van der Waals surface area contributed by atoms with Crippen LogP contribution in [0.1, 0.15) is 10.9 Å². The van der Waals surface area contributed by atoms with Crippen molar-refractivity contribution in [2.24, 2.45) is 0 Å². The van der Waals surface area contributed by atoms with Crippen LogP contribution in [0.2, 0.25) is 5.02 Å². The summed E-state index contributed by atoms with van der Waals surface area (Å²) in [5.41, 5.74) is 1.58. The maximum atomic E-state index is 13.0. The van der Waals surface area contributed by atoms with Crippen molar-refractivity contribution in [3.63, 3.8) is 0 Å². The fraction of sp³-hybridized carbons (Fsp3) is 0.188. The number of rotatable bonds is 2. The van der Waals surface area contributed by atoms with E-state index in [1.54, 1.807) is 53.1 Å². The van der Waals surface area contributed by atoms with Crippen LogP contribution in [0.4, 0.5) is 14.9 Å². The third kappa shape index (κ3) is 3.36. The van der Waals surface area contributed by atoms with Crippen molar-refractivity contribution in [3.8, 4) is 0 Å². The molecule has 1 aliphatic heterocycles. The minimum atomic E-state index is -0.276. The zero-order valence-corrected chi connectivity index (χ0v) is 13.2. The highest BCUT2D eigenvalue weighted by Gasteiger charge is 2.30. The number of benzene rings is 2. The number of halogens is 2. The first kappa shape index (κ1) is 15.2. The van der Waals surface area contributed by atoms with Gasteiger partial charge in [-0.25, -0.2) is 9.18 Å². The zero-order valence-electron chi connectivity index (χ0n) is 11.6. The molecule has 0 radical (unpaired) electrons. The number of urea groups is 1. The molecular weight excluding hydrogens is 323 g/mol. The van der Waals surface area contributed by atoms with E-state index in [9.17, 15) is 9.18 Å². The van der Waals surface area contributed by atoms with Crippen LogP contribution in [0.3, 0.4) is 0 Å². The van der Waals surface area contributed by atoms with Crippen molar-refractivity contribution >= 4 is 35.1 Å². The van der Waals surface area contributed by atoms with E-state index >= 15 is 0 Å². The van der Waals surface area contributed by atoms with Gasteiger partial charge in [0.2, 0.25) is 0 Å². The van der Waals surface area contributed by atoms with Gasteiger partial charge in [-0.05, 0) is 35.9 Å². The number of anilines is 1. The molecular formula is C16H14ClFN2OS. The monoisotopic (exact) mass is 336 g/mol. The van der Waals surface area contributed by atoms with E-state index in [0.29, 0.717) is 17.3 Å². The standard InChI is InChI=1S/C16H14ClFN2OS/c17-12-2-1-3-14(10-12)19-16(21)20-8-9-22-15(20)11-4-6-13(18)7-5-11/h1-7,10,15H,8-9H2,(H,19,21)/t15-/m1/s1. The molecule has 6 heteroatoms. The molecule has 0 spiro atoms. The van der Waals surface area contributed by atoms with Gasteiger partial charge in [0.1, 0.15) is 11.2 Å². The van der Waals surface area contributed by atoms with Gasteiger partial charge in [-0.3, -0.25) is 0 Å². The lowest BCUT2D eigenvalue weighted by molar-refractivity contribution is 0.214. The van der Waals surface area contributed by atoms with E-state index in [0.717, 1.165) is 11.3 Å². The van der Waals surface area contributed by atoms with E-state index in [2.05, 4.69) is 5.32 Å². The van der Waals surface area contributed by atoms with Crippen molar-refractivity contribution in [2.75, 3.05) is 17.6 Å². The summed E-state index contributed by atoms with van der Waals surface area (Å²) < 4.78 is 13.0. The van der Waals surface area contributed by atoms with Crippen molar-refractivity contribution in [1.29, 1.82) is 0 Å². The lowest BCUT2D eigenvalue weighted by Crippen LogP contribution is -2.34. The minimum absolute atomic E-state index is 0.0974. The van der Waals surface area contributed by atoms with Crippen LogP contribution >= 0.6 is 23.4 Å². The normalized spacial score (nSPS) is 17.5. The second-order valence-electron chi connectivity index (χ2n) is 4.91. The summed E-state index contributed by atoms with van der Waals surface area (Å²) in [7, 11) is 0. The second kappa shape index (κ2) is 6.58. The molecule has 114 valence electrons. The lowest BCUT2D eigenvalue weighted by Gasteiger charge is -2.24. The molecule has 0 bridgehead atoms. The number of hydrogen-bond donors (Lipinski definition) is 1. The number of nitrogens with zero attached hydrogens (tertiary/aromatic N) is 1. The molecule has 0 unspecified atom stereocenters. The Hall–Kier alpha value is -1.72. The van der Waals surface area contributed by atoms with E-state index < -0.39 is 0 Å². The predicted molar refractivity (Wildman–Crippen MR) is 88.8 cm³/mol. The minimum Gasteiger partial charge on any atom is -0.308 e. The highest BCUT2D eigenvalue weighted by Crippen LogP contribution is 2.38. The van der Waals surface area contributed by atoms with Gasteiger partial charge < -0.3 is 10.2 Å². The summed E-state index contributed by atoms with van der Waals surface area (Å²) in [6.45, 7) is 0.652. The average molecular weight is 337 g/mol. The fourth-order valence-corrected chi connectivity index (χ4v) is 3.79. The first-order valence-electron chi connectivity index (χ1n) is 6.84. The van der Waals surface area contributed by atoms with Crippen molar-refractivity contribution in [3.05, 3.63) is 64.9 Å². The molecule has 3 rings (SSSR count). The molecule has 3 nitrogen and oxygen atoms in total. The molecule has 1 N–H and O–H groups in total. The van der Waals surface area contributed by atoms with Gasteiger partial charge in [0.15, 0.2) is 0 Å². The Morgan fingerprint density at radius 3 is 2.77 bits per heavy atom.